The van der Waals surface area contributed by atoms with Crippen LogP contribution in [-0.2, 0) is 4.43 Å². The Labute approximate surface area is 83.0 Å². The second-order valence-corrected chi connectivity index (χ2v) is 8.82. The first-order valence-corrected chi connectivity index (χ1v) is 8.42. The van der Waals surface area contributed by atoms with Crippen molar-refractivity contribution < 1.29 is 4.43 Å². The van der Waals surface area contributed by atoms with Crippen molar-refractivity contribution in [2.75, 3.05) is 0 Å². The Balaban J connectivity index is 4.26. The SMILES string of the molecule is CCC(CC)C(C#N)O[Si](C)(C)C. The molecule has 1 atom stereocenters. The summed E-state index contributed by atoms with van der Waals surface area (Å²) in [5.41, 5.74) is 0. The van der Waals surface area contributed by atoms with Crippen LogP contribution in [-0.4, -0.2) is 14.4 Å². The van der Waals surface area contributed by atoms with E-state index in [-0.39, 0.29) is 6.10 Å². The summed E-state index contributed by atoms with van der Waals surface area (Å²) >= 11 is 0. The van der Waals surface area contributed by atoms with Crippen LogP contribution in [0.5, 0.6) is 0 Å². The van der Waals surface area contributed by atoms with Crippen molar-refractivity contribution >= 4 is 8.32 Å². The topological polar surface area (TPSA) is 33.0 Å². The number of nitrogens with zero attached hydrogens (tertiary/aromatic N) is 1. The molecule has 76 valence electrons. The highest BCUT2D eigenvalue weighted by molar-refractivity contribution is 6.69. The lowest BCUT2D eigenvalue weighted by molar-refractivity contribution is 0.170. The molecule has 0 N–H and O–H groups in total. The third-order valence-corrected chi connectivity index (χ3v) is 3.05. The van der Waals surface area contributed by atoms with Crippen LogP contribution < -0.4 is 0 Å². The van der Waals surface area contributed by atoms with E-state index in [2.05, 4.69) is 39.6 Å². The van der Waals surface area contributed by atoms with Crippen LogP contribution in [0.25, 0.3) is 0 Å². The summed E-state index contributed by atoms with van der Waals surface area (Å²) in [5, 5.41) is 8.97. The van der Waals surface area contributed by atoms with Gasteiger partial charge in [0, 0.05) is 0 Å². The summed E-state index contributed by atoms with van der Waals surface area (Å²) < 4.78 is 5.81. The zero-order chi connectivity index (χ0) is 10.5. The molecule has 0 spiro atoms. The first-order valence-electron chi connectivity index (χ1n) is 5.02. The van der Waals surface area contributed by atoms with Gasteiger partial charge in [-0.05, 0) is 38.4 Å². The Morgan fingerprint density at radius 1 is 1.23 bits per heavy atom. The first-order chi connectivity index (χ1) is 5.94. The van der Waals surface area contributed by atoms with Crippen LogP contribution in [0.2, 0.25) is 19.6 Å². The van der Waals surface area contributed by atoms with Gasteiger partial charge >= 0.3 is 0 Å². The highest BCUT2D eigenvalue weighted by atomic mass is 28.4. The standard InChI is InChI=1S/C10H21NOSi/c1-6-9(7-2)10(8-11)12-13(3,4)5/h9-10H,6-7H2,1-5H3. The summed E-state index contributed by atoms with van der Waals surface area (Å²) in [5.74, 6) is 0.400. The maximum atomic E-state index is 8.97. The molecule has 0 saturated carbocycles. The maximum absolute atomic E-state index is 8.97. The van der Waals surface area contributed by atoms with E-state index in [1.807, 2.05) is 0 Å². The highest BCUT2D eigenvalue weighted by Gasteiger charge is 2.25. The fourth-order valence-electron chi connectivity index (χ4n) is 1.33. The van der Waals surface area contributed by atoms with Gasteiger partial charge in [0.05, 0.1) is 6.07 Å². The van der Waals surface area contributed by atoms with Crippen molar-refractivity contribution in [1.82, 2.24) is 0 Å². The summed E-state index contributed by atoms with van der Waals surface area (Å²) in [7, 11) is -1.56. The molecule has 0 heterocycles. The smallest absolute Gasteiger partial charge is 0.185 e. The van der Waals surface area contributed by atoms with Crippen LogP contribution in [0.1, 0.15) is 26.7 Å². The molecule has 0 saturated heterocycles. The monoisotopic (exact) mass is 199 g/mol. The van der Waals surface area contributed by atoms with Crippen molar-refractivity contribution in [3.05, 3.63) is 0 Å². The number of nitriles is 1. The molecule has 0 aromatic carbocycles. The van der Waals surface area contributed by atoms with E-state index in [1.165, 1.54) is 0 Å². The highest BCUT2D eigenvalue weighted by Crippen LogP contribution is 2.19. The lowest BCUT2D eigenvalue weighted by Crippen LogP contribution is -2.35. The molecular formula is C10H21NOSi. The van der Waals surface area contributed by atoms with Crippen molar-refractivity contribution in [2.45, 2.75) is 52.4 Å². The van der Waals surface area contributed by atoms with E-state index >= 15 is 0 Å². The Bertz CT molecular complexity index is 176. The molecule has 0 aliphatic carbocycles. The zero-order valence-electron chi connectivity index (χ0n) is 9.42. The fraction of sp³-hybridized carbons (Fsp3) is 0.900. The van der Waals surface area contributed by atoms with Crippen LogP contribution in [0.15, 0.2) is 0 Å². The molecule has 0 aliphatic rings. The fourth-order valence-corrected chi connectivity index (χ4v) is 2.33. The Morgan fingerprint density at radius 2 is 1.69 bits per heavy atom. The van der Waals surface area contributed by atoms with Gasteiger partial charge in [0.1, 0.15) is 6.10 Å². The van der Waals surface area contributed by atoms with Gasteiger partial charge in [-0.15, -0.1) is 0 Å². The minimum absolute atomic E-state index is 0.193. The summed E-state index contributed by atoms with van der Waals surface area (Å²) in [6.45, 7) is 10.6. The van der Waals surface area contributed by atoms with Gasteiger partial charge in [-0.1, -0.05) is 13.8 Å². The minimum Gasteiger partial charge on any atom is -0.402 e. The second-order valence-electron chi connectivity index (χ2n) is 4.36. The third-order valence-electron chi connectivity index (χ3n) is 2.08. The van der Waals surface area contributed by atoms with Crippen LogP contribution in [0, 0.1) is 17.2 Å². The van der Waals surface area contributed by atoms with Crippen molar-refractivity contribution in [2.24, 2.45) is 5.92 Å². The van der Waals surface area contributed by atoms with Gasteiger partial charge in [-0.25, -0.2) is 0 Å². The predicted octanol–water partition coefficient (Wildman–Crippen LogP) is 3.17. The van der Waals surface area contributed by atoms with Gasteiger partial charge < -0.3 is 4.43 Å². The van der Waals surface area contributed by atoms with Crippen molar-refractivity contribution in [3.63, 3.8) is 0 Å². The number of hydrogen-bond acceptors (Lipinski definition) is 2. The minimum atomic E-state index is -1.56. The van der Waals surface area contributed by atoms with E-state index in [1.54, 1.807) is 0 Å². The van der Waals surface area contributed by atoms with Gasteiger partial charge in [0.2, 0.25) is 0 Å². The molecule has 2 nitrogen and oxygen atoms in total. The Kier molecular flexibility index (Phi) is 5.27. The number of hydrogen-bond donors (Lipinski definition) is 0. The van der Waals surface area contributed by atoms with Gasteiger partial charge in [0.25, 0.3) is 0 Å². The average Bonchev–Trinajstić information content (AvgIpc) is 2.02. The number of rotatable bonds is 5. The maximum Gasteiger partial charge on any atom is 0.185 e. The third kappa shape index (κ3) is 5.07. The molecule has 0 radical (unpaired) electrons. The Morgan fingerprint density at radius 3 is 1.92 bits per heavy atom. The van der Waals surface area contributed by atoms with Gasteiger partial charge in [0.15, 0.2) is 8.32 Å². The normalized spacial score (nSPS) is 14.2. The zero-order valence-corrected chi connectivity index (χ0v) is 10.4. The quantitative estimate of drug-likeness (QED) is 0.637. The van der Waals surface area contributed by atoms with Crippen molar-refractivity contribution in [1.29, 1.82) is 5.26 Å². The van der Waals surface area contributed by atoms with E-state index in [9.17, 15) is 0 Å². The predicted molar refractivity (Wildman–Crippen MR) is 57.9 cm³/mol. The van der Waals surface area contributed by atoms with E-state index in [4.69, 9.17) is 9.69 Å². The van der Waals surface area contributed by atoms with Crippen LogP contribution in [0.4, 0.5) is 0 Å². The second kappa shape index (κ2) is 5.41. The lowest BCUT2D eigenvalue weighted by Gasteiger charge is -2.26. The average molecular weight is 199 g/mol. The molecule has 0 bridgehead atoms. The molecule has 0 aromatic rings. The van der Waals surface area contributed by atoms with Crippen molar-refractivity contribution in [3.8, 4) is 6.07 Å². The molecule has 1 unspecified atom stereocenters. The van der Waals surface area contributed by atoms with Gasteiger partial charge in [-0.2, -0.15) is 5.26 Å². The van der Waals surface area contributed by atoms with Gasteiger partial charge in [-0.3, -0.25) is 0 Å². The molecule has 0 fully saturated rings. The summed E-state index contributed by atoms with van der Waals surface area (Å²) in [6.07, 6.45) is 1.86. The van der Waals surface area contributed by atoms with E-state index in [0.29, 0.717) is 5.92 Å². The lowest BCUT2D eigenvalue weighted by atomic mass is 9.98. The van der Waals surface area contributed by atoms with E-state index < -0.39 is 8.32 Å². The molecule has 0 amide bonds. The molecule has 0 aliphatic heterocycles. The summed E-state index contributed by atoms with van der Waals surface area (Å²) in [4.78, 5) is 0. The summed E-state index contributed by atoms with van der Waals surface area (Å²) in [6, 6.07) is 2.27. The molecule has 0 aromatic heterocycles. The van der Waals surface area contributed by atoms with Crippen LogP contribution >= 0.6 is 0 Å². The van der Waals surface area contributed by atoms with Crippen LogP contribution in [0.3, 0.4) is 0 Å². The molecule has 13 heavy (non-hydrogen) atoms. The molecule has 3 heteroatoms. The molecule has 0 rings (SSSR count). The largest absolute Gasteiger partial charge is 0.402 e. The molecular weight excluding hydrogens is 178 g/mol. The first kappa shape index (κ1) is 12.7. The van der Waals surface area contributed by atoms with E-state index in [0.717, 1.165) is 12.8 Å². The Hall–Kier alpha value is -0.333.